The van der Waals surface area contributed by atoms with Crippen molar-refractivity contribution in [1.82, 2.24) is 0 Å². The maximum Gasteiger partial charge on any atom is 0.336 e. The van der Waals surface area contributed by atoms with Gasteiger partial charge in [-0.1, -0.05) is 12.8 Å². The van der Waals surface area contributed by atoms with Crippen molar-refractivity contribution in [3.8, 4) is 0 Å². The molecule has 2 rings (SSSR count). The third kappa shape index (κ3) is 3.29. The minimum Gasteiger partial charge on any atom is -0.478 e. The van der Waals surface area contributed by atoms with Gasteiger partial charge in [-0.2, -0.15) is 0 Å². The maximum absolute atomic E-state index is 11.1. The Kier molecular flexibility index (Phi) is 4.11. The maximum atomic E-state index is 11.1. The van der Waals surface area contributed by atoms with E-state index < -0.39 is 10.9 Å². The number of hydrogen-bond donors (Lipinski definition) is 1. The largest absolute Gasteiger partial charge is 0.478 e. The van der Waals surface area contributed by atoms with E-state index >= 15 is 0 Å². The van der Waals surface area contributed by atoms with Crippen LogP contribution in [0.5, 0.6) is 0 Å². The number of aromatic carboxylic acids is 1. The van der Waals surface area contributed by atoms with Crippen molar-refractivity contribution in [1.29, 1.82) is 0 Å². The Morgan fingerprint density at radius 3 is 2.68 bits per heavy atom. The molecule has 0 unspecified atom stereocenters. The number of non-ortho nitro benzene ring substituents is 1. The number of rotatable bonds is 5. The summed E-state index contributed by atoms with van der Waals surface area (Å²) in [5.41, 5.74) is 0.194. The van der Waals surface area contributed by atoms with E-state index in [1.54, 1.807) is 0 Å². The van der Waals surface area contributed by atoms with Gasteiger partial charge in [-0.15, -0.1) is 0 Å². The monoisotopic (exact) mass is 265 g/mol. The van der Waals surface area contributed by atoms with Crippen LogP contribution >= 0.6 is 0 Å². The standard InChI is InChI=1S/C13H15NO5/c15-13(16)12-7-10(14(17)18)6-5-9(12)8-19-11-3-1-2-4-11/h5-7,11H,1-4,8H2,(H,15,16). The van der Waals surface area contributed by atoms with Crippen LogP contribution in [0.1, 0.15) is 41.6 Å². The van der Waals surface area contributed by atoms with Gasteiger partial charge < -0.3 is 9.84 Å². The van der Waals surface area contributed by atoms with Crippen molar-refractivity contribution < 1.29 is 19.6 Å². The van der Waals surface area contributed by atoms with Crippen molar-refractivity contribution in [3.05, 3.63) is 39.4 Å². The normalized spacial score (nSPS) is 15.6. The number of ether oxygens (including phenoxy) is 1. The Hall–Kier alpha value is -1.95. The molecule has 0 saturated heterocycles. The molecule has 0 heterocycles. The SMILES string of the molecule is O=C(O)c1cc([N+](=O)[O-])ccc1COC1CCCC1. The summed E-state index contributed by atoms with van der Waals surface area (Å²) < 4.78 is 5.65. The molecule has 1 fully saturated rings. The van der Waals surface area contributed by atoms with E-state index in [1.807, 2.05) is 0 Å². The van der Waals surface area contributed by atoms with E-state index in [0.29, 0.717) is 5.56 Å². The second-order valence-electron chi connectivity index (χ2n) is 4.62. The number of benzene rings is 1. The highest BCUT2D eigenvalue weighted by Gasteiger charge is 2.19. The second-order valence-corrected chi connectivity index (χ2v) is 4.62. The average Bonchev–Trinajstić information content (AvgIpc) is 2.89. The van der Waals surface area contributed by atoms with Gasteiger partial charge in [0.2, 0.25) is 0 Å². The molecular formula is C13H15NO5. The van der Waals surface area contributed by atoms with Gasteiger partial charge in [-0.3, -0.25) is 10.1 Å². The zero-order valence-corrected chi connectivity index (χ0v) is 10.4. The molecule has 0 aliphatic heterocycles. The third-order valence-corrected chi connectivity index (χ3v) is 3.31. The molecule has 1 aromatic carbocycles. The molecule has 1 aliphatic carbocycles. The van der Waals surface area contributed by atoms with Crippen LogP contribution < -0.4 is 0 Å². The predicted octanol–water partition coefficient (Wildman–Crippen LogP) is 2.75. The van der Waals surface area contributed by atoms with E-state index in [0.717, 1.165) is 31.7 Å². The number of carboxylic acids is 1. The molecule has 6 nitrogen and oxygen atoms in total. The Bertz CT molecular complexity index is 494. The lowest BCUT2D eigenvalue weighted by Crippen LogP contribution is -2.10. The summed E-state index contributed by atoms with van der Waals surface area (Å²) >= 11 is 0. The van der Waals surface area contributed by atoms with E-state index in [4.69, 9.17) is 9.84 Å². The van der Waals surface area contributed by atoms with Gasteiger partial charge >= 0.3 is 5.97 Å². The van der Waals surface area contributed by atoms with E-state index in [2.05, 4.69) is 0 Å². The van der Waals surface area contributed by atoms with Gasteiger partial charge in [0.1, 0.15) is 0 Å². The van der Waals surface area contributed by atoms with Crippen LogP contribution in [0.2, 0.25) is 0 Å². The van der Waals surface area contributed by atoms with Crippen LogP contribution in [0.15, 0.2) is 18.2 Å². The van der Waals surface area contributed by atoms with Gasteiger partial charge in [0.25, 0.3) is 5.69 Å². The first kappa shape index (κ1) is 13.5. The Morgan fingerprint density at radius 1 is 1.42 bits per heavy atom. The van der Waals surface area contributed by atoms with E-state index in [1.165, 1.54) is 12.1 Å². The van der Waals surface area contributed by atoms with Crippen molar-refractivity contribution in [2.45, 2.75) is 38.4 Å². The van der Waals surface area contributed by atoms with Crippen molar-refractivity contribution in [2.24, 2.45) is 0 Å². The molecule has 0 bridgehead atoms. The first-order valence-corrected chi connectivity index (χ1v) is 6.20. The lowest BCUT2D eigenvalue weighted by Gasteiger charge is -2.12. The smallest absolute Gasteiger partial charge is 0.336 e. The molecular weight excluding hydrogens is 250 g/mol. The summed E-state index contributed by atoms with van der Waals surface area (Å²) in [6, 6.07) is 3.84. The van der Waals surface area contributed by atoms with Gasteiger partial charge in [0.05, 0.1) is 23.2 Å². The Morgan fingerprint density at radius 2 is 2.11 bits per heavy atom. The van der Waals surface area contributed by atoms with Crippen molar-refractivity contribution in [3.63, 3.8) is 0 Å². The number of nitro benzene ring substituents is 1. The van der Waals surface area contributed by atoms with Gasteiger partial charge in [0.15, 0.2) is 0 Å². The van der Waals surface area contributed by atoms with Crippen LogP contribution in [0.4, 0.5) is 5.69 Å². The summed E-state index contributed by atoms with van der Waals surface area (Å²) in [7, 11) is 0. The summed E-state index contributed by atoms with van der Waals surface area (Å²) in [5.74, 6) is -1.17. The molecule has 1 saturated carbocycles. The van der Waals surface area contributed by atoms with Crippen molar-refractivity contribution in [2.75, 3.05) is 0 Å². The topological polar surface area (TPSA) is 89.7 Å². The van der Waals surface area contributed by atoms with Gasteiger partial charge in [-0.25, -0.2) is 4.79 Å². The molecule has 102 valence electrons. The summed E-state index contributed by atoms with van der Waals surface area (Å²) in [5, 5.41) is 19.7. The minimum atomic E-state index is -1.17. The summed E-state index contributed by atoms with van der Waals surface area (Å²) in [4.78, 5) is 21.1. The highest BCUT2D eigenvalue weighted by Crippen LogP contribution is 2.24. The van der Waals surface area contributed by atoms with Crippen LogP contribution in [-0.2, 0) is 11.3 Å². The highest BCUT2D eigenvalue weighted by molar-refractivity contribution is 5.90. The minimum absolute atomic E-state index is 0.0628. The number of nitrogens with zero attached hydrogens (tertiary/aromatic N) is 1. The molecule has 1 aliphatic rings. The van der Waals surface area contributed by atoms with Crippen LogP contribution in [-0.4, -0.2) is 22.1 Å². The third-order valence-electron chi connectivity index (χ3n) is 3.31. The fourth-order valence-electron chi connectivity index (χ4n) is 2.27. The Balaban J connectivity index is 2.14. The summed E-state index contributed by atoms with van der Waals surface area (Å²) in [6.45, 7) is 0.185. The zero-order chi connectivity index (χ0) is 13.8. The molecule has 0 spiro atoms. The summed E-state index contributed by atoms with van der Waals surface area (Å²) in [6.07, 6.45) is 4.44. The molecule has 0 radical (unpaired) electrons. The predicted molar refractivity (Wildman–Crippen MR) is 67.1 cm³/mol. The molecule has 1 aromatic rings. The average molecular weight is 265 g/mol. The lowest BCUT2D eigenvalue weighted by molar-refractivity contribution is -0.384. The van der Waals surface area contributed by atoms with Crippen molar-refractivity contribution >= 4 is 11.7 Å². The second kappa shape index (κ2) is 5.79. The van der Waals surface area contributed by atoms with Crippen LogP contribution in [0.25, 0.3) is 0 Å². The number of carboxylic acid groups (broad SMARTS) is 1. The quantitative estimate of drug-likeness (QED) is 0.653. The molecule has 0 aromatic heterocycles. The zero-order valence-electron chi connectivity index (χ0n) is 10.4. The first-order chi connectivity index (χ1) is 9.08. The van der Waals surface area contributed by atoms with E-state index in [9.17, 15) is 14.9 Å². The molecule has 19 heavy (non-hydrogen) atoms. The molecule has 0 atom stereocenters. The number of hydrogen-bond acceptors (Lipinski definition) is 4. The van der Waals surface area contributed by atoms with Gasteiger partial charge in [-0.05, 0) is 24.5 Å². The first-order valence-electron chi connectivity index (χ1n) is 6.20. The Labute approximate surface area is 110 Å². The van der Waals surface area contributed by atoms with Gasteiger partial charge in [0, 0.05) is 12.1 Å². The molecule has 0 amide bonds. The van der Waals surface area contributed by atoms with E-state index in [-0.39, 0.29) is 24.0 Å². The fraction of sp³-hybridized carbons (Fsp3) is 0.462. The highest BCUT2D eigenvalue weighted by atomic mass is 16.6. The fourth-order valence-corrected chi connectivity index (χ4v) is 2.27. The molecule has 1 N–H and O–H groups in total. The van der Waals surface area contributed by atoms with Crippen LogP contribution in [0, 0.1) is 10.1 Å². The van der Waals surface area contributed by atoms with Crippen LogP contribution in [0.3, 0.4) is 0 Å². The lowest BCUT2D eigenvalue weighted by atomic mass is 10.1. The number of carbonyl (C=O) groups is 1. The molecule has 6 heteroatoms. The number of nitro groups is 1.